The van der Waals surface area contributed by atoms with Crippen LogP contribution in [-0.2, 0) is 35.1 Å². The molecule has 0 unspecified atom stereocenters. The molecular formula is C20H26N4O8. The molecule has 1 aliphatic heterocycles. The number of aliphatic carboxylic acids is 1. The van der Waals surface area contributed by atoms with Crippen molar-refractivity contribution >= 4 is 29.6 Å². The number of amides is 4. The SMILES string of the molecule is CCC[C@H](NC(=O)[C@H]1O[C@@H]1C(=O)NCC(=O)O)C(=O)N[C@@H](Cc1ccc(O)cc1)C(N)=O. The molecule has 0 aliphatic carbocycles. The zero-order valence-corrected chi connectivity index (χ0v) is 17.4. The van der Waals surface area contributed by atoms with E-state index in [4.69, 9.17) is 15.6 Å². The summed E-state index contributed by atoms with van der Waals surface area (Å²) < 4.78 is 5.00. The molecule has 0 spiro atoms. The van der Waals surface area contributed by atoms with Crippen LogP contribution in [-0.4, -0.2) is 70.6 Å². The van der Waals surface area contributed by atoms with Gasteiger partial charge in [0.25, 0.3) is 11.8 Å². The van der Waals surface area contributed by atoms with E-state index >= 15 is 0 Å². The standard InChI is InChI=1S/C20H26N4O8/c1-2-3-12(23-20(31)16-15(32-16)19(30)22-9-14(26)27)18(29)24-13(17(21)28)8-10-4-6-11(25)7-5-10/h4-7,12-13,15-16,25H,2-3,8-9H2,1H3,(H2,21,28)(H,22,30)(H,23,31)(H,24,29)(H,26,27)/t12-,13-,15-,16-/m0/s1. The fourth-order valence-corrected chi connectivity index (χ4v) is 2.95. The van der Waals surface area contributed by atoms with Crippen molar-refractivity contribution in [2.45, 2.75) is 50.5 Å². The highest BCUT2D eigenvalue weighted by molar-refractivity contribution is 5.98. The maximum Gasteiger partial charge on any atom is 0.322 e. The number of hydrogen-bond acceptors (Lipinski definition) is 7. The van der Waals surface area contributed by atoms with Gasteiger partial charge in [0.1, 0.15) is 24.4 Å². The van der Waals surface area contributed by atoms with Gasteiger partial charge in [0.2, 0.25) is 11.8 Å². The summed E-state index contributed by atoms with van der Waals surface area (Å²) in [5.74, 6) is -4.04. The molecule has 1 aromatic rings. The van der Waals surface area contributed by atoms with Crippen molar-refractivity contribution in [2.24, 2.45) is 5.73 Å². The quantitative estimate of drug-likeness (QED) is 0.199. The van der Waals surface area contributed by atoms with Gasteiger partial charge in [-0.25, -0.2) is 0 Å². The van der Waals surface area contributed by atoms with E-state index in [1.807, 2.05) is 0 Å². The number of carbonyl (C=O) groups is 5. The molecule has 174 valence electrons. The minimum atomic E-state index is -1.24. The Morgan fingerprint density at radius 1 is 1.03 bits per heavy atom. The molecule has 4 amide bonds. The van der Waals surface area contributed by atoms with Gasteiger partial charge in [0, 0.05) is 6.42 Å². The first kappa shape index (κ1) is 24.6. The molecule has 0 saturated carbocycles. The Morgan fingerprint density at radius 2 is 1.66 bits per heavy atom. The average molecular weight is 450 g/mol. The molecule has 1 saturated heterocycles. The smallest absolute Gasteiger partial charge is 0.322 e. The van der Waals surface area contributed by atoms with Crippen LogP contribution in [0.15, 0.2) is 24.3 Å². The fraction of sp³-hybridized carbons (Fsp3) is 0.450. The number of nitrogens with two attached hydrogens (primary N) is 1. The van der Waals surface area contributed by atoms with Gasteiger partial charge < -0.3 is 36.6 Å². The first-order valence-electron chi connectivity index (χ1n) is 9.95. The predicted molar refractivity (Wildman–Crippen MR) is 109 cm³/mol. The zero-order valence-electron chi connectivity index (χ0n) is 17.4. The van der Waals surface area contributed by atoms with Crippen LogP contribution in [0.5, 0.6) is 5.75 Å². The number of nitrogens with one attached hydrogen (secondary N) is 3. The van der Waals surface area contributed by atoms with Gasteiger partial charge in [-0.3, -0.25) is 24.0 Å². The Balaban J connectivity index is 1.95. The van der Waals surface area contributed by atoms with Crippen molar-refractivity contribution in [2.75, 3.05) is 6.54 Å². The average Bonchev–Trinajstić information content (AvgIpc) is 3.53. The van der Waals surface area contributed by atoms with Crippen LogP contribution in [0.3, 0.4) is 0 Å². The van der Waals surface area contributed by atoms with Gasteiger partial charge >= 0.3 is 5.97 Å². The van der Waals surface area contributed by atoms with Crippen LogP contribution in [0, 0.1) is 0 Å². The molecule has 0 aromatic heterocycles. The van der Waals surface area contributed by atoms with Crippen LogP contribution in [0.4, 0.5) is 0 Å². The van der Waals surface area contributed by atoms with Gasteiger partial charge in [-0.05, 0) is 24.1 Å². The van der Waals surface area contributed by atoms with E-state index in [0.717, 1.165) is 0 Å². The van der Waals surface area contributed by atoms with Crippen molar-refractivity contribution in [1.29, 1.82) is 0 Å². The molecule has 1 aromatic carbocycles. The number of carboxylic acids is 1. The number of epoxide rings is 1. The zero-order chi connectivity index (χ0) is 23.8. The number of hydrogen-bond donors (Lipinski definition) is 6. The van der Waals surface area contributed by atoms with Crippen LogP contribution < -0.4 is 21.7 Å². The summed E-state index contributed by atoms with van der Waals surface area (Å²) in [6, 6.07) is 4.00. The lowest BCUT2D eigenvalue weighted by Gasteiger charge is -2.21. The van der Waals surface area contributed by atoms with E-state index in [9.17, 15) is 29.1 Å². The summed E-state index contributed by atoms with van der Waals surface area (Å²) in [5, 5.41) is 25.0. The molecule has 0 radical (unpaired) electrons. The number of carbonyl (C=O) groups excluding carboxylic acids is 4. The van der Waals surface area contributed by atoms with E-state index in [1.54, 1.807) is 19.1 Å². The first-order chi connectivity index (χ1) is 15.1. The third-order valence-corrected chi connectivity index (χ3v) is 4.67. The highest BCUT2D eigenvalue weighted by Gasteiger charge is 2.51. The monoisotopic (exact) mass is 450 g/mol. The van der Waals surface area contributed by atoms with Gasteiger partial charge in [0.05, 0.1) is 0 Å². The maximum atomic E-state index is 12.7. The van der Waals surface area contributed by atoms with E-state index in [1.165, 1.54) is 12.1 Å². The Morgan fingerprint density at radius 3 is 2.22 bits per heavy atom. The maximum absolute atomic E-state index is 12.7. The molecule has 2 rings (SSSR count). The molecule has 12 heteroatoms. The Kier molecular flexibility index (Phi) is 8.53. The second kappa shape index (κ2) is 11.1. The second-order valence-electron chi connectivity index (χ2n) is 7.27. The molecule has 7 N–H and O–H groups in total. The van der Waals surface area contributed by atoms with Crippen molar-refractivity contribution < 1.29 is 38.9 Å². The van der Waals surface area contributed by atoms with Crippen molar-refractivity contribution in [1.82, 2.24) is 16.0 Å². The van der Waals surface area contributed by atoms with Crippen molar-refractivity contribution in [3.8, 4) is 5.75 Å². The Labute approximate surface area is 183 Å². The summed E-state index contributed by atoms with van der Waals surface area (Å²) in [7, 11) is 0. The molecule has 12 nitrogen and oxygen atoms in total. The number of phenols is 1. The van der Waals surface area contributed by atoms with E-state index in [-0.39, 0.29) is 18.6 Å². The van der Waals surface area contributed by atoms with E-state index < -0.39 is 60.4 Å². The molecule has 0 bridgehead atoms. The van der Waals surface area contributed by atoms with Crippen LogP contribution in [0.1, 0.15) is 25.3 Å². The van der Waals surface area contributed by atoms with E-state index in [2.05, 4.69) is 16.0 Å². The molecule has 32 heavy (non-hydrogen) atoms. The summed E-state index contributed by atoms with van der Waals surface area (Å²) >= 11 is 0. The number of ether oxygens (including phenoxy) is 1. The van der Waals surface area contributed by atoms with Gasteiger partial charge in [0.15, 0.2) is 12.2 Å². The summed E-state index contributed by atoms with van der Waals surface area (Å²) in [6.45, 7) is 1.19. The fourth-order valence-electron chi connectivity index (χ4n) is 2.95. The van der Waals surface area contributed by atoms with Crippen LogP contribution in [0.25, 0.3) is 0 Å². The number of aromatic hydroxyl groups is 1. The van der Waals surface area contributed by atoms with E-state index in [0.29, 0.717) is 12.0 Å². The highest BCUT2D eigenvalue weighted by atomic mass is 16.6. The van der Waals surface area contributed by atoms with Crippen molar-refractivity contribution in [3.63, 3.8) is 0 Å². The minimum Gasteiger partial charge on any atom is -0.508 e. The lowest BCUT2D eigenvalue weighted by Crippen LogP contribution is -2.54. The summed E-state index contributed by atoms with van der Waals surface area (Å²) in [6.07, 6.45) is -1.39. The number of benzene rings is 1. The number of rotatable bonds is 12. The summed E-state index contributed by atoms with van der Waals surface area (Å²) in [5.41, 5.74) is 6.06. The van der Waals surface area contributed by atoms with Crippen molar-refractivity contribution in [3.05, 3.63) is 29.8 Å². The molecule has 4 atom stereocenters. The van der Waals surface area contributed by atoms with Gasteiger partial charge in [-0.15, -0.1) is 0 Å². The Hall–Kier alpha value is -3.67. The molecule has 1 heterocycles. The summed E-state index contributed by atoms with van der Waals surface area (Å²) in [4.78, 5) is 59.1. The third-order valence-electron chi connectivity index (χ3n) is 4.67. The first-order valence-corrected chi connectivity index (χ1v) is 9.95. The second-order valence-corrected chi connectivity index (χ2v) is 7.27. The molecular weight excluding hydrogens is 424 g/mol. The normalized spacial score (nSPS) is 18.7. The lowest BCUT2D eigenvalue weighted by molar-refractivity contribution is -0.138. The van der Waals surface area contributed by atoms with Gasteiger partial charge in [-0.2, -0.15) is 0 Å². The number of carboxylic acid groups (broad SMARTS) is 1. The number of primary amides is 1. The molecule has 1 aliphatic rings. The van der Waals surface area contributed by atoms with Crippen LogP contribution in [0.2, 0.25) is 0 Å². The Bertz CT molecular complexity index is 873. The minimum absolute atomic E-state index is 0.0522. The topological polar surface area (TPSA) is 200 Å². The highest BCUT2D eigenvalue weighted by Crippen LogP contribution is 2.22. The molecule has 1 fully saturated rings. The third kappa shape index (κ3) is 7.23. The largest absolute Gasteiger partial charge is 0.508 e. The number of phenolic OH excluding ortho intramolecular Hbond substituents is 1. The predicted octanol–water partition coefficient (Wildman–Crippen LogP) is -1.84. The lowest BCUT2D eigenvalue weighted by atomic mass is 10.0. The van der Waals surface area contributed by atoms with Crippen LogP contribution >= 0.6 is 0 Å². The van der Waals surface area contributed by atoms with Gasteiger partial charge in [-0.1, -0.05) is 25.5 Å².